The molecule has 78 valence electrons. The predicted octanol–water partition coefficient (Wildman–Crippen LogP) is 2.87. The molecule has 1 aromatic heterocycles. The van der Waals surface area contributed by atoms with E-state index in [2.05, 4.69) is 25.9 Å². The largest absolute Gasteiger partial charge is 0.381 e. The zero-order valence-corrected chi connectivity index (χ0v) is 9.60. The highest BCUT2D eigenvalue weighted by molar-refractivity contribution is 6.32. The van der Waals surface area contributed by atoms with Gasteiger partial charge >= 0.3 is 0 Å². The Hall–Kier alpha value is -0.960. The zero-order chi connectivity index (χ0) is 10.7. The van der Waals surface area contributed by atoms with Gasteiger partial charge in [-0.15, -0.1) is 0 Å². The van der Waals surface area contributed by atoms with Gasteiger partial charge in [0.05, 0.1) is 0 Å². The number of hydrogen-bond acceptors (Lipinski definition) is 2. The van der Waals surface area contributed by atoms with Crippen molar-refractivity contribution in [2.45, 2.75) is 33.7 Å². The van der Waals surface area contributed by atoms with Crippen LogP contribution in [0, 0.1) is 0 Å². The number of anilines is 1. The number of aromatic nitrogens is 2. The molecule has 1 rings (SSSR count). The summed E-state index contributed by atoms with van der Waals surface area (Å²) in [6, 6.07) is 0. The van der Waals surface area contributed by atoms with E-state index in [9.17, 15) is 0 Å². The number of aryl methyl sites for hydroxylation is 1. The molecule has 0 aliphatic heterocycles. The van der Waals surface area contributed by atoms with Gasteiger partial charge < -0.3 is 5.73 Å². The molecule has 1 heterocycles. The molecule has 0 aliphatic carbocycles. The van der Waals surface area contributed by atoms with Crippen molar-refractivity contribution in [1.29, 1.82) is 0 Å². The van der Waals surface area contributed by atoms with E-state index in [4.69, 9.17) is 17.3 Å². The Morgan fingerprint density at radius 3 is 2.57 bits per heavy atom. The fraction of sp³-hybridized carbons (Fsp3) is 0.500. The smallest absolute Gasteiger partial charge is 0.164 e. The quantitative estimate of drug-likeness (QED) is 0.785. The summed E-state index contributed by atoms with van der Waals surface area (Å²) >= 11 is 5.79. The van der Waals surface area contributed by atoms with Gasteiger partial charge in [-0.25, -0.2) is 0 Å². The van der Waals surface area contributed by atoms with Crippen LogP contribution in [0.2, 0.25) is 5.02 Å². The Balaban J connectivity index is 2.59. The lowest BCUT2D eigenvalue weighted by Gasteiger charge is -2.03. The topological polar surface area (TPSA) is 43.8 Å². The van der Waals surface area contributed by atoms with Gasteiger partial charge in [0.25, 0.3) is 0 Å². The van der Waals surface area contributed by atoms with Crippen molar-refractivity contribution < 1.29 is 0 Å². The normalized spacial score (nSPS) is 10.3. The van der Waals surface area contributed by atoms with Gasteiger partial charge in [0, 0.05) is 12.7 Å². The third kappa shape index (κ3) is 2.77. The fourth-order valence-corrected chi connectivity index (χ4v) is 1.21. The van der Waals surface area contributed by atoms with Crippen LogP contribution < -0.4 is 5.73 Å². The molecule has 0 aromatic carbocycles. The minimum absolute atomic E-state index is 0.404. The maximum absolute atomic E-state index is 5.79. The number of halogens is 1. The molecule has 0 spiro atoms. The maximum atomic E-state index is 5.79. The molecule has 0 bridgehead atoms. The van der Waals surface area contributed by atoms with Crippen LogP contribution in [-0.2, 0) is 6.54 Å². The summed E-state index contributed by atoms with van der Waals surface area (Å²) in [5.74, 6) is 0.404. The Morgan fingerprint density at radius 1 is 1.50 bits per heavy atom. The molecule has 1 aromatic rings. The first kappa shape index (κ1) is 11.1. The summed E-state index contributed by atoms with van der Waals surface area (Å²) in [6.07, 6.45) is 2.74. The second-order valence-corrected chi connectivity index (χ2v) is 4.06. The Morgan fingerprint density at radius 2 is 2.14 bits per heavy atom. The van der Waals surface area contributed by atoms with E-state index >= 15 is 0 Å². The van der Waals surface area contributed by atoms with Crippen molar-refractivity contribution in [1.82, 2.24) is 9.78 Å². The summed E-state index contributed by atoms with van der Waals surface area (Å²) < 4.78 is 1.78. The van der Waals surface area contributed by atoms with E-state index in [1.807, 2.05) is 0 Å². The summed E-state index contributed by atoms with van der Waals surface area (Å²) in [5, 5.41) is 4.61. The van der Waals surface area contributed by atoms with Gasteiger partial charge in [-0.05, 0) is 27.2 Å². The van der Waals surface area contributed by atoms with Gasteiger partial charge in [-0.3, -0.25) is 4.68 Å². The lowest BCUT2D eigenvalue weighted by molar-refractivity contribution is 0.612. The average Bonchev–Trinajstić information content (AvgIpc) is 2.42. The second kappa shape index (κ2) is 4.51. The van der Waals surface area contributed by atoms with Crippen molar-refractivity contribution in [2.24, 2.45) is 0 Å². The van der Waals surface area contributed by atoms with Crippen LogP contribution in [0.15, 0.2) is 17.3 Å². The van der Waals surface area contributed by atoms with Crippen LogP contribution in [0.4, 0.5) is 5.82 Å². The Bertz CT molecular complexity index is 329. The van der Waals surface area contributed by atoms with Crippen molar-refractivity contribution >= 4 is 17.4 Å². The molecule has 0 aliphatic rings. The van der Waals surface area contributed by atoms with Crippen LogP contribution in [0.5, 0.6) is 0 Å². The van der Waals surface area contributed by atoms with Crippen molar-refractivity contribution in [3.05, 3.63) is 22.4 Å². The van der Waals surface area contributed by atoms with Crippen LogP contribution >= 0.6 is 11.6 Å². The van der Waals surface area contributed by atoms with Crippen LogP contribution in [0.3, 0.4) is 0 Å². The summed E-state index contributed by atoms with van der Waals surface area (Å²) in [5.41, 5.74) is 8.27. The first-order chi connectivity index (χ1) is 6.50. The molecule has 0 atom stereocenters. The standard InChI is InChI=1S/C10H16ClN3/c1-7(2)8(3)4-5-14-6-9(11)10(12)13-14/h6H,4-5H2,1-3H3,(H2,12,13). The summed E-state index contributed by atoms with van der Waals surface area (Å²) in [4.78, 5) is 0. The lowest BCUT2D eigenvalue weighted by atomic mass is 10.1. The molecule has 4 heteroatoms. The highest BCUT2D eigenvalue weighted by atomic mass is 35.5. The molecule has 3 nitrogen and oxygen atoms in total. The zero-order valence-electron chi connectivity index (χ0n) is 8.84. The number of nitrogens with zero attached hydrogens (tertiary/aromatic N) is 2. The molecule has 0 saturated carbocycles. The number of rotatable bonds is 3. The number of allylic oxidation sites excluding steroid dienone is 2. The molecule has 0 unspecified atom stereocenters. The Kier molecular flexibility index (Phi) is 3.58. The van der Waals surface area contributed by atoms with Gasteiger partial charge in [0.15, 0.2) is 5.82 Å². The van der Waals surface area contributed by atoms with Gasteiger partial charge in [0.2, 0.25) is 0 Å². The van der Waals surface area contributed by atoms with E-state index in [0.717, 1.165) is 13.0 Å². The first-order valence-electron chi connectivity index (χ1n) is 4.62. The van der Waals surface area contributed by atoms with Gasteiger partial charge in [-0.1, -0.05) is 22.7 Å². The summed E-state index contributed by atoms with van der Waals surface area (Å²) in [6.45, 7) is 7.18. The fourth-order valence-electron chi connectivity index (χ4n) is 1.06. The highest BCUT2D eigenvalue weighted by Gasteiger charge is 2.02. The molecule has 0 amide bonds. The number of nitrogens with two attached hydrogens (primary N) is 1. The molecule has 0 saturated heterocycles. The Labute approximate surface area is 89.5 Å². The van der Waals surface area contributed by atoms with E-state index in [0.29, 0.717) is 10.8 Å². The van der Waals surface area contributed by atoms with E-state index in [1.165, 1.54) is 11.1 Å². The molecule has 14 heavy (non-hydrogen) atoms. The predicted molar refractivity (Wildman–Crippen MR) is 60.3 cm³/mol. The average molecular weight is 214 g/mol. The van der Waals surface area contributed by atoms with E-state index < -0.39 is 0 Å². The first-order valence-corrected chi connectivity index (χ1v) is 5.00. The SMILES string of the molecule is CC(C)=C(C)CCn1cc(Cl)c(N)n1. The van der Waals surface area contributed by atoms with E-state index in [1.54, 1.807) is 10.9 Å². The van der Waals surface area contributed by atoms with E-state index in [-0.39, 0.29) is 0 Å². The van der Waals surface area contributed by atoms with Crippen molar-refractivity contribution in [2.75, 3.05) is 5.73 Å². The minimum atomic E-state index is 0.404. The second-order valence-electron chi connectivity index (χ2n) is 3.66. The highest BCUT2D eigenvalue weighted by Crippen LogP contribution is 2.16. The molecule has 2 N–H and O–H groups in total. The maximum Gasteiger partial charge on any atom is 0.164 e. The number of hydrogen-bond donors (Lipinski definition) is 1. The van der Waals surface area contributed by atoms with Crippen LogP contribution in [-0.4, -0.2) is 9.78 Å². The van der Waals surface area contributed by atoms with Gasteiger partial charge in [-0.2, -0.15) is 5.10 Å². The molecule has 0 fully saturated rings. The monoisotopic (exact) mass is 213 g/mol. The van der Waals surface area contributed by atoms with Crippen molar-refractivity contribution in [3.63, 3.8) is 0 Å². The molecular weight excluding hydrogens is 198 g/mol. The molecule has 0 radical (unpaired) electrons. The minimum Gasteiger partial charge on any atom is -0.381 e. The summed E-state index contributed by atoms with van der Waals surface area (Å²) in [7, 11) is 0. The van der Waals surface area contributed by atoms with Gasteiger partial charge in [0.1, 0.15) is 5.02 Å². The number of nitrogen functional groups attached to an aromatic ring is 1. The third-order valence-corrected chi connectivity index (χ3v) is 2.60. The third-order valence-electron chi connectivity index (χ3n) is 2.31. The van der Waals surface area contributed by atoms with Crippen molar-refractivity contribution in [3.8, 4) is 0 Å². The van der Waals surface area contributed by atoms with Crippen LogP contribution in [0.25, 0.3) is 0 Å². The molecular formula is C10H16ClN3. The lowest BCUT2D eigenvalue weighted by Crippen LogP contribution is -2.00. The van der Waals surface area contributed by atoms with Crippen LogP contribution in [0.1, 0.15) is 27.2 Å².